The summed E-state index contributed by atoms with van der Waals surface area (Å²) in [7, 11) is -4.31. The lowest BCUT2D eigenvalue weighted by atomic mass is 10.0. The SMILES string of the molecule is O=C(c1ccc([N+](=O)O)cc1)N1CCC(N(c2cc(F)ccc2F)S(=O)(=O)c2ccc(Cl)cc2)CC1. The number of nitrogens with zero attached hydrogens (tertiary/aromatic N) is 3. The fourth-order valence-corrected chi connectivity index (χ4v) is 5.95. The number of benzene rings is 3. The van der Waals surface area contributed by atoms with Crippen molar-refractivity contribution in [3.8, 4) is 0 Å². The maximum atomic E-state index is 14.8. The highest BCUT2D eigenvalue weighted by molar-refractivity contribution is 7.92. The molecule has 0 spiro atoms. The van der Waals surface area contributed by atoms with Crippen LogP contribution >= 0.6 is 11.6 Å². The number of sulfonamides is 1. The molecule has 1 N–H and O–H groups in total. The number of anilines is 1. The van der Waals surface area contributed by atoms with Crippen molar-refractivity contribution in [2.24, 2.45) is 0 Å². The van der Waals surface area contributed by atoms with Gasteiger partial charge in [0.15, 0.2) is 0 Å². The molecule has 0 saturated carbocycles. The van der Waals surface area contributed by atoms with Crippen LogP contribution in [0.25, 0.3) is 0 Å². The smallest absolute Gasteiger partial charge is 0.316 e. The molecule has 4 rings (SSSR count). The Morgan fingerprint density at radius 1 is 1.00 bits per heavy atom. The molecule has 1 aliphatic rings. The van der Waals surface area contributed by atoms with Crippen LogP contribution in [0.15, 0.2) is 71.6 Å². The fourth-order valence-electron chi connectivity index (χ4n) is 4.11. The number of hydrogen-bond donors (Lipinski definition) is 1. The first-order valence-corrected chi connectivity index (χ1v) is 12.7. The molecule has 1 fully saturated rings. The molecular formula is C24H21ClF2N3O5S+. The molecular weight excluding hydrogens is 516 g/mol. The van der Waals surface area contributed by atoms with E-state index in [2.05, 4.69) is 0 Å². The number of carbonyl (C=O) groups excluding carboxylic acids is 1. The monoisotopic (exact) mass is 536 g/mol. The first-order chi connectivity index (χ1) is 17.1. The van der Waals surface area contributed by atoms with E-state index >= 15 is 0 Å². The van der Waals surface area contributed by atoms with Crippen LogP contribution in [0.2, 0.25) is 5.02 Å². The molecule has 1 amide bonds. The molecule has 1 saturated heterocycles. The van der Waals surface area contributed by atoms with Gasteiger partial charge in [0.1, 0.15) is 11.6 Å². The summed E-state index contributed by atoms with van der Waals surface area (Å²) in [4.78, 5) is 24.9. The quantitative estimate of drug-likeness (QED) is 0.451. The second-order valence-electron chi connectivity index (χ2n) is 8.19. The minimum absolute atomic E-state index is 0.0366. The number of hydrogen-bond acceptors (Lipinski definition) is 4. The maximum absolute atomic E-state index is 14.8. The molecule has 188 valence electrons. The van der Waals surface area contributed by atoms with E-state index in [0.717, 1.165) is 22.5 Å². The van der Waals surface area contributed by atoms with Gasteiger partial charge in [-0.1, -0.05) is 11.6 Å². The highest BCUT2D eigenvalue weighted by Gasteiger charge is 2.37. The lowest BCUT2D eigenvalue weighted by Crippen LogP contribution is -2.49. The van der Waals surface area contributed by atoms with Crippen LogP contribution in [0.3, 0.4) is 0 Å². The summed E-state index contributed by atoms with van der Waals surface area (Å²) in [5.74, 6) is -2.04. The Morgan fingerprint density at radius 2 is 1.61 bits per heavy atom. The van der Waals surface area contributed by atoms with E-state index in [9.17, 15) is 26.9 Å². The molecule has 0 aromatic heterocycles. The minimum Gasteiger partial charge on any atom is -0.338 e. The van der Waals surface area contributed by atoms with Crippen molar-refractivity contribution in [1.82, 2.24) is 4.90 Å². The summed E-state index contributed by atoms with van der Waals surface area (Å²) in [6.45, 7) is 0.311. The fraction of sp³-hybridized carbons (Fsp3) is 0.208. The van der Waals surface area contributed by atoms with Crippen LogP contribution in [-0.2, 0) is 10.0 Å². The maximum Gasteiger partial charge on any atom is 0.316 e. The number of carbonyl (C=O) groups is 1. The van der Waals surface area contributed by atoms with E-state index in [4.69, 9.17) is 16.8 Å². The van der Waals surface area contributed by atoms with E-state index in [1.54, 1.807) is 0 Å². The van der Waals surface area contributed by atoms with Crippen molar-refractivity contribution in [3.63, 3.8) is 0 Å². The molecule has 0 unspecified atom stereocenters. The summed E-state index contributed by atoms with van der Waals surface area (Å²) in [5.41, 5.74) is -0.178. The largest absolute Gasteiger partial charge is 0.338 e. The Bertz CT molecular complexity index is 1390. The van der Waals surface area contributed by atoms with Gasteiger partial charge in [0.2, 0.25) is 0 Å². The Labute approximate surface area is 210 Å². The molecule has 3 aromatic rings. The lowest BCUT2D eigenvalue weighted by molar-refractivity contribution is -0.729. The van der Waals surface area contributed by atoms with Crippen LogP contribution < -0.4 is 4.31 Å². The molecule has 12 heteroatoms. The standard InChI is InChI=1S/C24H21ClF2N3O5S/c25-17-3-8-21(9-4-17)36(34,35)29(23-15-18(26)5-10-22(23)27)19-11-13-28(14-12-19)24(31)16-1-6-20(7-2-16)30(32)33/h1-10,15,19H,11-14H2,(H,32,33)/q+1. The van der Waals surface area contributed by atoms with Gasteiger partial charge in [0.25, 0.3) is 20.9 Å². The van der Waals surface area contributed by atoms with Crippen LogP contribution in [0.4, 0.5) is 20.2 Å². The molecule has 0 bridgehead atoms. The predicted molar refractivity (Wildman–Crippen MR) is 128 cm³/mol. The predicted octanol–water partition coefficient (Wildman–Crippen LogP) is 4.92. The number of likely N-dealkylation sites (tertiary alicyclic amines) is 1. The van der Waals surface area contributed by atoms with Crippen LogP contribution in [0.5, 0.6) is 0 Å². The van der Waals surface area contributed by atoms with Gasteiger partial charge in [-0.3, -0.25) is 9.10 Å². The molecule has 8 nitrogen and oxygen atoms in total. The summed E-state index contributed by atoms with van der Waals surface area (Å²) >= 11 is 5.89. The highest BCUT2D eigenvalue weighted by atomic mass is 35.5. The summed E-state index contributed by atoms with van der Waals surface area (Å²) in [6.07, 6.45) is 0.329. The van der Waals surface area contributed by atoms with Crippen molar-refractivity contribution >= 4 is 38.9 Å². The topological polar surface area (TPSA) is 98.0 Å². The first kappa shape index (κ1) is 25.5. The number of amides is 1. The van der Waals surface area contributed by atoms with Crippen LogP contribution in [0, 0.1) is 16.5 Å². The van der Waals surface area contributed by atoms with E-state index < -0.39 is 33.4 Å². The molecule has 1 heterocycles. The third-order valence-corrected chi connectivity index (χ3v) is 8.07. The van der Waals surface area contributed by atoms with Crippen LogP contribution in [0.1, 0.15) is 23.2 Å². The van der Waals surface area contributed by atoms with Gasteiger partial charge in [-0.05, 0) is 61.4 Å². The van der Waals surface area contributed by atoms with Crippen molar-refractivity contribution in [1.29, 1.82) is 0 Å². The van der Waals surface area contributed by atoms with E-state index in [1.165, 1.54) is 53.4 Å². The Hall–Kier alpha value is -3.57. The number of piperidine rings is 1. The molecule has 36 heavy (non-hydrogen) atoms. The van der Waals surface area contributed by atoms with E-state index in [1.807, 2.05) is 0 Å². The Kier molecular flexibility index (Phi) is 7.23. The van der Waals surface area contributed by atoms with Crippen molar-refractivity contribution in [2.45, 2.75) is 23.8 Å². The number of halogens is 3. The second-order valence-corrected chi connectivity index (χ2v) is 10.4. The summed E-state index contributed by atoms with van der Waals surface area (Å²) in [5, 5.41) is 9.27. The van der Waals surface area contributed by atoms with Gasteiger partial charge in [-0.2, -0.15) is 0 Å². The average Bonchev–Trinajstić information content (AvgIpc) is 2.86. The van der Waals surface area contributed by atoms with Gasteiger partial charge >= 0.3 is 5.69 Å². The summed E-state index contributed by atoms with van der Waals surface area (Å²) < 4.78 is 56.9. The average molecular weight is 537 g/mol. The van der Waals surface area contributed by atoms with Gasteiger partial charge < -0.3 is 4.90 Å². The highest BCUT2D eigenvalue weighted by Crippen LogP contribution is 2.33. The minimum atomic E-state index is -4.31. The molecule has 0 atom stereocenters. The van der Waals surface area contributed by atoms with Gasteiger partial charge in [0, 0.05) is 47.9 Å². The molecule has 1 aliphatic heterocycles. The summed E-state index contributed by atoms with van der Waals surface area (Å²) in [6, 6.07) is 12.6. The van der Waals surface area contributed by atoms with Gasteiger partial charge in [-0.25, -0.2) is 22.4 Å². The Balaban J connectivity index is 1.61. The van der Waals surface area contributed by atoms with Crippen molar-refractivity contribution < 1.29 is 32.1 Å². The molecule has 0 radical (unpaired) electrons. The van der Waals surface area contributed by atoms with Gasteiger partial charge in [-0.15, -0.1) is 0 Å². The first-order valence-electron chi connectivity index (χ1n) is 10.9. The normalized spacial score (nSPS) is 14.5. The van der Waals surface area contributed by atoms with Crippen LogP contribution in [-0.4, -0.2) is 48.5 Å². The molecule has 0 aliphatic carbocycles. The van der Waals surface area contributed by atoms with E-state index in [0.29, 0.717) is 5.02 Å². The van der Waals surface area contributed by atoms with E-state index in [-0.39, 0.29) is 52.9 Å². The third kappa shape index (κ3) is 5.17. The third-order valence-electron chi connectivity index (χ3n) is 5.93. The van der Waals surface area contributed by atoms with Crippen molar-refractivity contribution in [2.75, 3.05) is 17.4 Å². The zero-order chi connectivity index (χ0) is 26.0. The Morgan fingerprint density at radius 3 is 2.19 bits per heavy atom. The van der Waals surface area contributed by atoms with Gasteiger partial charge in [0.05, 0.1) is 15.5 Å². The molecule has 3 aromatic carbocycles. The lowest BCUT2D eigenvalue weighted by Gasteiger charge is -2.39. The van der Waals surface area contributed by atoms with Crippen molar-refractivity contribution in [3.05, 3.63) is 93.9 Å². The zero-order valence-electron chi connectivity index (χ0n) is 18.7. The number of rotatable bonds is 6. The zero-order valence-corrected chi connectivity index (χ0v) is 20.3. The second kappa shape index (κ2) is 10.2.